The smallest absolute Gasteiger partial charge is 0.410 e. The lowest BCUT2D eigenvalue weighted by Gasteiger charge is -1.94. The van der Waals surface area contributed by atoms with Gasteiger partial charge in [-0.25, -0.2) is 4.79 Å². The Labute approximate surface area is 61.1 Å². The van der Waals surface area contributed by atoms with Crippen LogP contribution < -0.4 is 5.32 Å². The Bertz CT molecular complexity index is 121. The Morgan fingerprint density at radius 2 is 2.40 bits per heavy atom. The van der Waals surface area contributed by atoms with Crippen LogP contribution in [0.25, 0.3) is 0 Å². The van der Waals surface area contributed by atoms with Gasteiger partial charge in [0.1, 0.15) is 0 Å². The molecular formula is C7H13NO2. The summed E-state index contributed by atoms with van der Waals surface area (Å²) in [6.07, 6.45) is 5.11. The number of unbranched alkanes of at least 4 members (excludes halogenated alkanes) is 1. The number of allylic oxidation sites excluding steroid dienone is 1. The van der Waals surface area contributed by atoms with Gasteiger partial charge in [0.05, 0.1) is 7.11 Å². The van der Waals surface area contributed by atoms with E-state index in [0.29, 0.717) is 0 Å². The van der Waals surface area contributed by atoms with E-state index in [1.807, 2.05) is 6.08 Å². The van der Waals surface area contributed by atoms with Crippen LogP contribution in [0.5, 0.6) is 0 Å². The van der Waals surface area contributed by atoms with Crippen LogP contribution in [0.4, 0.5) is 4.79 Å². The Hall–Kier alpha value is -0.990. The summed E-state index contributed by atoms with van der Waals surface area (Å²) in [7, 11) is 1.34. The van der Waals surface area contributed by atoms with Crippen LogP contribution in [0.15, 0.2) is 12.3 Å². The molecular weight excluding hydrogens is 130 g/mol. The fraction of sp³-hybridized carbons (Fsp3) is 0.571. The van der Waals surface area contributed by atoms with Crippen molar-refractivity contribution in [3.8, 4) is 0 Å². The summed E-state index contributed by atoms with van der Waals surface area (Å²) in [6.45, 7) is 2.07. The first-order valence-corrected chi connectivity index (χ1v) is 3.30. The van der Waals surface area contributed by atoms with Gasteiger partial charge in [0, 0.05) is 6.20 Å². The summed E-state index contributed by atoms with van der Waals surface area (Å²) in [5, 5.41) is 2.43. The molecule has 0 aliphatic carbocycles. The second kappa shape index (κ2) is 6.13. The topological polar surface area (TPSA) is 38.3 Å². The normalized spacial score (nSPS) is 9.80. The van der Waals surface area contributed by atoms with E-state index in [0.717, 1.165) is 12.8 Å². The van der Waals surface area contributed by atoms with E-state index < -0.39 is 6.09 Å². The molecule has 0 rings (SSSR count). The molecule has 0 aromatic rings. The predicted octanol–water partition coefficient (Wildman–Crippen LogP) is 1.66. The van der Waals surface area contributed by atoms with E-state index in [1.54, 1.807) is 6.20 Å². The molecule has 1 amide bonds. The first kappa shape index (κ1) is 9.01. The first-order valence-electron chi connectivity index (χ1n) is 3.30. The zero-order chi connectivity index (χ0) is 7.82. The zero-order valence-electron chi connectivity index (χ0n) is 6.39. The van der Waals surface area contributed by atoms with Crippen molar-refractivity contribution in [2.45, 2.75) is 19.8 Å². The molecule has 1 N–H and O–H groups in total. The maximum absolute atomic E-state index is 10.4. The second-order valence-corrected chi connectivity index (χ2v) is 1.83. The van der Waals surface area contributed by atoms with E-state index in [-0.39, 0.29) is 0 Å². The quantitative estimate of drug-likeness (QED) is 0.652. The third-order valence-corrected chi connectivity index (χ3v) is 0.960. The molecule has 10 heavy (non-hydrogen) atoms. The van der Waals surface area contributed by atoms with E-state index in [4.69, 9.17) is 0 Å². The third kappa shape index (κ3) is 5.15. The van der Waals surface area contributed by atoms with Crippen molar-refractivity contribution in [3.63, 3.8) is 0 Å². The van der Waals surface area contributed by atoms with Gasteiger partial charge in [0.25, 0.3) is 0 Å². The van der Waals surface area contributed by atoms with Gasteiger partial charge in [-0.1, -0.05) is 19.4 Å². The third-order valence-electron chi connectivity index (χ3n) is 0.960. The minimum atomic E-state index is -0.424. The van der Waals surface area contributed by atoms with Crippen LogP contribution in [0.1, 0.15) is 19.8 Å². The van der Waals surface area contributed by atoms with Crippen LogP contribution >= 0.6 is 0 Å². The lowest BCUT2D eigenvalue weighted by atomic mass is 10.3. The fourth-order valence-electron chi connectivity index (χ4n) is 0.436. The zero-order valence-corrected chi connectivity index (χ0v) is 6.39. The standard InChI is InChI=1S/C7H13NO2/c1-3-4-5-6-8-7(9)10-2/h5-6H,3-4H2,1-2H3,(H,8,9). The van der Waals surface area contributed by atoms with Crippen molar-refractivity contribution >= 4 is 6.09 Å². The molecule has 0 aromatic heterocycles. The molecule has 58 valence electrons. The van der Waals surface area contributed by atoms with Gasteiger partial charge in [-0.15, -0.1) is 0 Å². The molecule has 0 aliphatic heterocycles. The lowest BCUT2D eigenvalue weighted by Crippen LogP contribution is -2.15. The first-order chi connectivity index (χ1) is 4.81. The fourth-order valence-corrected chi connectivity index (χ4v) is 0.436. The molecule has 0 fully saturated rings. The molecule has 3 heteroatoms. The highest BCUT2D eigenvalue weighted by Crippen LogP contribution is 1.85. The van der Waals surface area contributed by atoms with Gasteiger partial charge >= 0.3 is 6.09 Å². The van der Waals surface area contributed by atoms with Crippen LogP contribution in [0, 0.1) is 0 Å². The number of alkyl carbamates (subject to hydrolysis) is 1. The molecule has 0 aliphatic rings. The Morgan fingerprint density at radius 1 is 1.70 bits per heavy atom. The molecule has 3 nitrogen and oxygen atoms in total. The summed E-state index contributed by atoms with van der Waals surface area (Å²) >= 11 is 0. The molecule has 0 saturated heterocycles. The number of amides is 1. The van der Waals surface area contributed by atoms with E-state index >= 15 is 0 Å². The molecule has 0 saturated carbocycles. The van der Waals surface area contributed by atoms with Crippen molar-refractivity contribution in [1.29, 1.82) is 0 Å². The maximum Gasteiger partial charge on any atom is 0.410 e. The number of methoxy groups -OCH3 is 1. The minimum Gasteiger partial charge on any atom is -0.453 e. The second-order valence-electron chi connectivity index (χ2n) is 1.83. The Kier molecular flexibility index (Phi) is 5.53. The summed E-state index contributed by atoms with van der Waals surface area (Å²) in [5.74, 6) is 0. The van der Waals surface area contributed by atoms with E-state index in [9.17, 15) is 4.79 Å². The largest absolute Gasteiger partial charge is 0.453 e. The summed E-state index contributed by atoms with van der Waals surface area (Å²) in [6, 6.07) is 0. The maximum atomic E-state index is 10.4. The number of hydrogen-bond donors (Lipinski definition) is 1. The highest BCUT2D eigenvalue weighted by atomic mass is 16.5. The van der Waals surface area contributed by atoms with Crippen molar-refractivity contribution in [2.24, 2.45) is 0 Å². The Balaban J connectivity index is 3.25. The summed E-state index contributed by atoms with van der Waals surface area (Å²) in [4.78, 5) is 10.4. The molecule has 0 aromatic carbocycles. The van der Waals surface area contributed by atoms with Gasteiger partial charge in [-0.2, -0.15) is 0 Å². The van der Waals surface area contributed by atoms with Gasteiger partial charge in [0.2, 0.25) is 0 Å². The Morgan fingerprint density at radius 3 is 2.90 bits per heavy atom. The van der Waals surface area contributed by atoms with Crippen LogP contribution in [-0.2, 0) is 4.74 Å². The van der Waals surface area contributed by atoms with Gasteiger partial charge in [-0.05, 0) is 6.42 Å². The number of ether oxygens (including phenoxy) is 1. The number of carbonyl (C=O) groups is 1. The van der Waals surface area contributed by atoms with Crippen molar-refractivity contribution < 1.29 is 9.53 Å². The monoisotopic (exact) mass is 143 g/mol. The average Bonchev–Trinajstić information content (AvgIpc) is 1.98. The van der Waals surface area contributed by atoms with Crippen molar-refractivity contribution in [3.05, 3.63) is 12.3 Å². The average molecular weight is 143 g/mol. The number of hydrogen-bond acceptors (Lipinski definition) is 2. The number of carbonyl (C=O) groups excluding carboxylic acids is 1. The number of nitrogens with one attached hydrogen (secondary N) is 1. The minimum absolute atomic E-state index is 0.424. The summed E-state index contributed by atoms with van der Waals surface area (Å²) in [5.41, 5.74) is 0. The lowest BCUT2D eigenvalue weighted by molar-refractivity contribution is 0.175. The van der Waals surface area contributed by atoms with Crippen LogP contribution in [0.3, 0.4) is 0 Å². The highest BCUT2D eigenvalue weighted by Gasteiger charge is 1.89. The molecule has 0 atom stereocenters. The van der Waals surface area contributed by atoms with Gasteiger partial charge in [-0.3, -0.25) is 5.32 Å². The molecule has 0 unspecified atom stereocenters. The highest BCUT2D eigenvalue weighted by molar-refractivity contribution is 5.68. The van der Waals surface area contributed by atoms with E-state index in [1.165, 1.54) is 7.11 Å². The van der Waals surface area contributed by atoms with Gasteiger partial charge < -0.3 is 4.74 Å². The van der Waals surface area contributed by atoms with Crippen molar-refractivity contribution in [1.82, 2.24) is 5.32 Å². The predicted molar refractivity (Wildman–Crippen MR) is 39.6 cm³/mol. The van der Waals surface area contributed by atoms with Crippen LogP contribution in [0.2, 0.25) is 0 Å². The molecule has 0 heterocycles. The SMILES string of the molecule is CCCC=CNC(=O)OC. The number of rotatable bonds is 3. The van der Waals surface area contributed by atoms with Gasteiger partial charge in [0.15, 0.2) is 0 Å². The van der Waals surface area contributed by atoms with Crippen LogP contribution in [-0.4, -0.2) is 13.2 Å². The molecule has 0 radical (unpaired) electrons. The van der Waals surface area contributed by atoms with Crippen molar-refractivity contribution in [2.75, 3.05) is 7.11 Å². The van der Waals surface area contributed by atoms with E-state index in [2.05, 4.69) is 17.0 Å². The summed E-state index contributed by atoms with van der Waals surface area (Å²) < 4.78 is 4.33. The molecule has 0 bridgehead atoms. The molecule has 0 spiro atoms.